The number of aliphatic hydroxyl groups is 1. The van der Waals surface area contributed by atoms with Gasteiger partial charge in [0.2, 0.25) is 5.91 Å². The van der Waals surface area contributed by atoms with E-state index in [1.165, 1.54) is 4.88 Å². The van der Waals surface area contributed by atoms with Gasteiger partial charge in [-0.1, -0.05) is 72.8 Å². The van der Waals surface area contributed by atoms with Crippen LogP contribution in [0.3, 0.4) is 0 Å². The summed E-state index contributed by atoms with van der Waals surface area (Å²) in [6.07, 6.45) is -0.431. The first kappa shape index (κ1) is 18.4. The van der Waals surface area contributed by atoms with Crippen LogP contribution in [-0.4, -0.2) is 17.6 Å². The summed E-state index contributed by atoms with van der Waals surface area (Å²) in [5, 5.41) is 17.5. The predicted octanol–water partition coefficient (Wildman–Crippen LogP) is 4.96. The number of nitrogens with one attached hydrogen (secondary N) is 1. The first-order valence-corrected chi connectivity index (χ1v) is 10.1. The highest BCUT2D eigenvalue weighted by Gasteiger charge is 2.11. The molecule has 3 nitrogen and oxygen atoms in total. The molecule has 0 radical (unpaired) electrons. The van der Waals surface area contributed by atoms with Crippen LogP contribution in [0, 0.1) is 0 Å². The van der Waals surface area contributed by atoms with Gasteiger partial charge in [0, 0.05) is 11.4 Å². The van der Waals surface area contributed by atoms with E-state index in [-0.39, 0.29) is 12.5 Å². The maximum Gasteiger partial charge on any atom is 0.224 e. The summed E-state index contributed by atoms with van der Waals surface area (Å²) in [5.41, 5.74) is 2.92. The van der Waals surface area contributed by atoms with Crippen molar-refractivity contribution in [3.8, 4) is 10.4 Å². The topological polar surface area (TPSA) is 49.3 Å². The fourth-order valence-corrected chi connectivity index (χ4v) is 4.06. The third-order valence-electron chi connectivity index (χ3n) is 4.82. The summed E-state index contributed by atoms with van der Waals surface area (Å²) in [4.78, 5) is 13.6. The molecule has 0 bridgehead atoms. The predicted molar refractivity (Wildman–Crippen MR) is 115 cm³/mol. The Morgan fingerprint density at radius 2 is 1.71 bits per heavy atom. The van der Waals surface area contributed by atoms with Crippen molar-refractivity contribution in [3.63, 3.8) is 0 Å². The van der Waals surface area contributed by atoms with E-state index >= 15 is 0 Å². The molecule has 4 rings (SSSR count). The van der Waals surface area contributed by atoms with Crippen LogP contribution in [0.4, 0.5) is 0 Å². The van der Waals surface area contributed by atoms with Crippen LogP contribution < -0.4 is 5.32 Å². The smallest absolute Gasteiger partial charge is 0.224 e. The maximum absolute atomic E-state index is 12.4. The molecule has 2 N–H and O–H groups in total. The largest absolute Gasteiger partial charge is 0.387 e. The first-order valence-electron chi connectivity index (χ1n) is 9.26. The minimum atomic E-state index is -0.728. The molecule has 28 heavy (non-hydrogen) atoms. The molecule has 0 saturated carbocycles. The summed E-state index contributed by atoms with van der Waals surface area (Å²) in [5.74, 6) is -0.0920. The SMILES string of the molecule is O=C(Cc1cccc2ccccc12)NCC(O)c1ccc(-c2cccs2)cc1. The van der Waals surface area contributed by atoms with Crippen molar-refractivity contribution in [2.24, 2.45) is 0 Å². The number of carbonyl (C=O) groups is 1. The number of hydrogen-bond donors (Lipinski definition) is 2. The fraction of sp³-hybridized carbons (Fsp3) is 0.125. The molecule has 0 aliphatic carbocycles. The Bertz CT molecular complexity index is 1070. The van der Waals surface area contributed by atoms with Gasteiger partial charge in [0.1, 0.15) is 0 Å². The molecule has 1 heterocycles. The minimum Gasteiger partial charge on any atom is -0.387 e. The Labute approximate surface area is 168 Å². The van der Waals surface area contributed by atoms with Gasteiger partial charge < -0.3 is 10.4 Å². The number of hydrogen-bond acceptors (Lipinski definition) is 3. The molecule has 4 aromatic rings. The molecule has 3 aromatic carbocycles. The molecule has 0 aliphatic heterocycles. The zero-order valence-electron chi connectivity index (χ0n) is 15.3. The summed E-state index contributed by atoms with van der Waals surface area (Å²) in [7, 11) is 0. The molecule has 0 saturated heterocycles. The normalized spacial score (nSPS) is 12.0. The lowest BCUT2D eigenvalue weighted by Gasteiger charge is -2.13. The molecule has 1 aromatic heterocycles. The average Bonchev–Trinajstić information content (AvgIpc) is 3.27. The molecule has 0 spiro atoms. The second-order valence-corrected chi connectivity index (χ2v) is 7.68. The van der Waals surface area contributed by atoms with E-state index in [1.54, 1.807) is 11.3 Å². The summed E-state index contributed by atoms with van der Waals surface area (Å²) >= 11 is 1.69. The molecule has 1 atom stereocenters. The number of benzene rings is 3. The number of aliphatic hydroxyl groups excluding tert-OH is 1. The van der Waals surface area contributed by atoms with Crippen molar-refractivity contribution < 1.29 is 9.90 Å². The van der Waals surface area contributed by atoms with Crippen LogP contribution in [-0.2, 0) is 11.2 Å². The van der Waals surface area contributed by atoms with Crippen LogP contribution in [0.1, 0.15) is 17.2 Å². The van der Waals surface area contributed by atoms with Crippen LogP contribution >= 0.6 is 11.3 Å². The zero-order chi connectivity index (χ0) is 19.3. The summed E-state index contributed by atoms with van der Waals surface area (Å²) in [6, 6.07) is 26.0. The van der Waals surface area contributed by atoms with Gasteiger partial charge in [0.25, 0.3) is 0 Å². The number of carbonyl (C=O) groups excluding carboxylic acids is 1. The summed E-state index contributed by atoms with van der Waals surface area (Å²) < 4.78 is 0. The van der Waals surface area contributed by atoms with Crippen molar-refractivity contribution in [2.75, 3.05) is 6.54 Å². The van der Waals surface area contributed by atoms with Crippen molar-refractivity contribution >= 4 is 28.0 Å². The Morgan fingerprint density at radius 3 is 2.50 bits per heavy atom. The molecule has 0 fully saturated rings. The minimum absolute atomic E-state index is 0.0920. The van der Waals surface area contributed by atoms with Crippen molar-refractivity contribution in [3.05, 3.63) is 95.4 Å². The van der Waals surface area contributed by atoms with Gasteiger partial charge in [-0.05, 0) is 38.9 Å². The van der Waals surface area contributed by atoms with E-state index in [2.05, 4.69) is 11.4 Å². The van der Waals surface area contributed by atoms with Gasteiger partial charge >= 0.3 is 0 Å². The van der Waals surface area contributed by atoms with E-state index in [9.17, 15) is 9.90 Å². The number of fused-ring (bicyclic) bond motifs is 1. The van der Waals surface area contributed by atoms with E-state index in [1.807, 2.05) is 78.2 Å². The van der Waals surface area contributed by atoms with Crippen LogP contribution in [0.5, 0.6) is 0 Å². The number of amides is 1. The van der Waals surface area contributed by atoms with Gasteiger partial charge in [-0.15, -0.1) is 11.3 Å². The van der Waals surface area contributed by atoms with Gasteiger partial charge in [-0.2, -0.15) is 0 Å². The molecule has 0 aliphatic rings. The highest BCUT2D eigenvalue weighted by atomic mass is 32.1. The van der Waals surface area contributed by atoms with Crippen molar-refractivity contribution in [1.29, 1.82) is 0 Å². The molecular formula is C24H21NO2S. The molecule has 1 unspecified atom stereocenters. The van der Waals surface area contributed by atoms with Gasteiger partial charge in [0.05, 0.1) is 12.5 Å². The molecule has 1 amide bonds. The second-order valence-electron chi connectivity index (χ2n) is 6.73. The first-order chi connectivity index (χ1) is 13.7. The quantitative estimate of drug-likeness (QED) is 0.491. The summed E-state index contributed by atoms with van der Waals surface area (Å²) in [6.45, 7) is 0.196. The van der Waals surface area contributed by atoms with E-state index in [4.69, 9.17) is 0 Å². The highest BCUT2D eigenvalue weighted by molar-refractivity contribution is 7.13. The lowest BCUT2D eigenvalue weighted by Crippen LogP contribution is -2.29. The maximum atomic E-state index is 12.4. The monoisotopic (exact) mass is 387 g/mol. The van der Waals surface area contributed by atoms with Gasteiger partial charge in [-0.25, -0.2) is 0 Å². The Morgan fingerprint density at radius 1 is 0.929 bits per heavy atom. The van der Waals surface area contributed by atoms with Crippen LogP contribution in [0.2, 0.25) is 0 Å². The van der Waals surface area contributed by atoms with Gasteiger partial charge in [-0.3, -0.25) is 4.79 Å². The number of rotatable bonds is 6. The lowest BCUT2D eigenvalue weighted by molar-refractivity contribution is -0.120. The Kier molecular flexibility index (Phi) is 5.51. The zero-order valence-corrected chi connectivity index (χ0v) is 16.2. The van der Waals surface area contributed by atoms with E-state index in [0.29, 0.717) is 6.42 Å². The number of thiophene rings is 1. The molecule has 140 valence electrons. The third-order valence-corrected chi connectivity index (χ3v) is 5.74. The van der Waals surface area contributed by atoms with Crippen molar-refractivity contribution in [2.45, 2.75) is 12.5 Å². The van der Waals surface area contributed by atoms with Crippen molar-refractivity contribution in [1.82, 2.24) is 5.32 Å². The Balaban J connectivity index is 1.36. The third kappa shape index (κ3) is 4.14. The second kappa shape index (κ2) is 8.38. The van der Waals surface area contributed by atoms with E-state index < -0.39 is 6.10 Å². The van der Waals surface area contributed by atoms with Crippen LogP contribution in [0.25, 0.3) is 21.2 Å². The standard InChI is InChI=1S/C24H21NO2S/c26-22(18-10-12-19(13-11-18)23-9-4-14-28-23)16-25-24(27)15-20-7-3-6-17-5-1-2-8-21(17)20/h1-14,22,26H,15-16H2,(H,25,27). The molecular weight excluding hydrogens is 366 g/mol. The fourth-order valence-electron chi connectivity index (χ4n) is 3.32. The molecule has 4 heteroatoms. The lowest BCUT2D eigenvalue weighted by atomic mass is 10.0. The average molecular weight is 388 g/mol. The van der Waals surface area contributed by atoms with Gasteiger partial charge in [0.15, 0.2) is 0 Å². The van der Waals surface area contributed by atoms with Crippen LogP contribution in [0.15, 0.2) is 84.2 Å². The highest BCUT2D eigenvalue weighted by Crippen LogP contribution is 2.26. The Hall–Kier alpha value is -2.95. The van der Waals surface area contributed by atoms with E-state index in [0.717, 1.165) is 27.5 Å².